The van der Waals surface area contributed by atoms with Crippen molar-refractivity contribution in [3.63, 3.8) is 0 Å². The largest absolute Gasteiger partial charge is 0.328 e. The van der Waals surface area contributed by atoms with Crippen LogP contribution < -0.4 is 0 Å². The van der Waals surface area contributed by atoms with Crippen molar-refractivity contribution in [2.75, 3.05) is 17.9 Å². The van der Waals surface area contributed by atoms with E-state index in [-0.39, 0.29) is 16.7 Å². The van der Waals surface area contributed by atoms with Crippen LogP contribution >= 0.6 is 28.4 Å². The van der Waals surface area contributed by atoms with Gasteiger partial charge in [0, 0.05) is 33.2 Å². The molecule has 20 heavy (non-hydrogen) atoms. The summed E-state index contributed by atoms with van der Waals surface area (Å²) in [5, 5.41) is 1.80. The van der Waals surface area contributed by atoms with Crippen molar-refractivity contribution in [2.45, 2.75) is 59.8 Å². The lowest BCUT2D eigenvalue weighted by Gasteiger charge is -2.47. The predicted octanol–water partition coefficient (Wildman–Crippen LogP) is 5.03. The monoisotopic (exact) mass is 420 g/mol. The van der Waals surface area contributed by atoms with Crippen LogP contribution in [-0.4, -0.2) is 34.3 Å². The molecule has 0 aliphatic rings. The summed E-state index contributed by atoms with van der Waals surface area (Å²) in [4.78, 5) is 5.82. The molecule has 0 bridgehead atoms. The van der Waals surface area contributed by atoms with Gasteiger partial charge in [0.15, 0.2) is 0 Å². The molecule has 0 aromatic heterocycles. The number of halogens is 1. The van der Waals surface area contributed by atoms with Gasteiger partial charge in [-0.2, -0.15) is 5.06 Å². The van der Waals surface area contributed by atoms with Crippen LogP contribution in [0.2, 0.25) is 0 Å². The van der Waals surface area contributed by atoms with Gasteiger partial charge >= 0.3 is 0 Å². The summed E-state index contributed by atoms with van der Waals surface area (Å²) < 4.78 is 26.4. The molecule has 5 nitrogen and oxygen atoms in total. The molecule has 0 aromatic carbocycles. The first-order valence-electron chi connectivity index (χ1n) is 6.76. The number of hydrogen-bond acceptors (Lipinski definition) is 5. The number of hydroxylamine groups is 2. The van der Waals surface area contributed by atoms with E-state index in [0.717, 1.165) is 0 Å². The zero-order chi connectivity index (χ0) is 16.2. The molecule has 0 saturated heterocycles. The Bertz CT molecular complexity index is 364. The smallest absolute Gasteiger partial charge is 0.219 e. The maximum absolute atomic E-state index is 13.0. The van der Waals surface area contributed by atoms with E-state index in [9.17, 15) is 4.57 Å². The first-order chi connectivity index (χ1) is 8.88. The van der Waals surface area contributed by atoms with Crippen LogP contribution in [0.4, 0.5) is 0 Å². The Morgan fingerprint density at radius 2 is 1.75 bits per heavy atom. The fraction of sp³-hybridized carbons (Fsp3) is 1.00. The van der Waals surface area contributed by atoms with Crippen molar-refractivity contribution in [3.05, 3.63) is 0 Å². The summed E-state index contributed by atoms with van der Waals surface area (Å²) in [6.07, 6.45) is 0. The maximum Gasteiger partial charge on any atom is 0.219 e. The highest BCUT2D eigenvalue weighted by Gasteiger charge is 2.47. The lowest BCUT2D eigenvalue weighted by molar-refractivity contribution is -0.218. The van der Waals surface area contributed by atoms with Crippen LogP contribution in [0.1, 0.15) is 48.5 Å². The second kappa shape index (κ2) is 7.77. The molecule has 0 saturated carbocycles. The summed E-state index contributed by atoms with van der Waals surface area (Å²) in [7, 11) is -2.87. The molecule has 0 radical (unpaired) electrons. The summed E-state index contributed by atoms with van der Waals surface area (Å²) in [5.74, 6) is -0.342. The lowest BCUT2D eigenvalue weighted by Crippen LogP contribution is -2.52. The third kappa shape index (κ3) is 6.18. The van der Waals surface area contributed by atoms with Gasteiger partial charge in [-0.25, -0.2) is 0 Å². The number of nitrogens with one attached hydrogen (secondary N) is 1. The number of rotatable bonds is 7. The van der Waals surface area contributed by atoms with Gasteiger partial charge in [-0.15, -0.1) is 0 Å². The molecule has 0 aliphatic heterocycles. The second-order valence-corrected chi connectivity index (χ2v) is 10.9. The van der Waals surface area contributed by atoms with Crippen LogP contribution in [0.5, 0.6) is 0 Å². The average Bonchev–Trinajstić information content (AvgIpc) is 2.19. The van der Waals surface area contributed by atoms with E-state index in [2.05, 4.69) is 0 Å². The Morgan fingerprint density at radius 1 is 1.25 bits per heavy atom. The van der Waals surface area contributed by atoms with E-state index < -0.39 is 28.4 Å². The molecule has 0 spiro atoms. The van der Waals surface area contributed by atoms with Crippen LogP contribution in [-0.2, 0) is 13.9 Å². The van der Waals surface area contributed by atoms with E-state index >= 15 is 0 Å². The van der Waals surface area contributed by atoms with Gasteiger partial charge in [-0.3, -0.25) is 13.0 Å². The molecule has 1 N–H and O–H groups in total. The molecule has 0 rings (SSSR count). The van der Waals surface area contributed by atoms with E-state index in [1.165, 1.54) is 0 Å². The predicted molar refractivity (Wildman–Crippen MR) is 92.7 cm³/mol. The molecule has 0 amide bonds. The Labute approximate surface area is 134 Å². The summed E-state index contributed by atoms with van der Waals surface area (Å²) in [6, 6.07) is 0. The average molecular weight is 420 g/mol. The van der Waals surface area contributed by atoms with E-state index in [0.29, 0.717) is 11.2 Å². The van der Waals surface area contributed by atoms with E-state index in [1.807, 2.05) is 48.5 Å². The third-order valence-electron chi connectivity index (χ3n) is 2.73. The fourth-order valence-electron chi connectivity index (χ4n) is 2.28. The summed E-state index contributed by atoms with van der Waals surface area (Å²) >= 11 is -0.726. The van der Waals surface area contributed by atoms with Crippen molar-refractivity contribution in [2.24, 2.45) is 5.41 Å². The van der Waals surface area contributed by atoms with Crippen molar-refractivity contribution < 1.29 is 13.9 Å². The first kappa shape index (κ1) is 20.6. The molecule has 0 fully saturated rings. The highest BCUT2D eigenvalue weighted by atomic mass is 127. The molecule has 7 heteroatoms. The highest BCUT2D eigenvalue weighted by molar-refractivity contribution is 14.1. The van der Waals surface area contributed by atoms with Gasteiger partial charge in [0.05, 0.1) is 6.61 Å². The van der Waals surface area contributed by atoms with Crippen LogP contribution in [0.15, 0.2) is 0 Å². The number of hydrogen-bond donors (Lipinski definition) is 1. The minimum absolute atomic E-state index is 0.257. The highest BCUT2D eigenvalue weighted by Crippen LogP contribution is 2.57. The van der Waals surface area contributed by atoms with Gasteiger partial charge in [-0.05, 0) is 33.1 Å². The Balaban J connectivity index is 5.67. The Morgan fingerprint density at radius 3 is 2.05 bits per heavy atom. The van der Waals surface area contributed by atoms with Crippen molar-refractivity contribution in [3.8, 4) is 0 Å². The van der Waals surface area contributed by atoms with E-state index in [4.69, 9.17) is 12.9 Å². The molecule has 0 heterocycles. The fourth-order valence-corrected chi connectivity index (χ4v) is 5.58. The molecule has 122 valence electrons. The van der Waals surface area contributed by atoms with Crippen LogP contribution in [0, 0.1) is 8.98 Å². The SMILES string of the molecule is CCOP(C)(=O)C(N(OCI=N)C(C)(C)C)C(C)(C)C. The van der Waals surface area contributed by atoms with Gasteiger partial charge in [0.25, 0.3) is 0 Å². The lowest BCUT2D eigenvalue weighted by atomic mass is 9.94. The molecular formula is C13H30IN2O3P. The quantitative estimate of drug-likeness (QED) is 0.272. The Hall–Kier alpha value is 0.640. The van der Waals surface area contributed by atoms with Gasteiger partial charge in [-0.1, -0.05) is 20.8 Å². The normalized spacial score (nSPS) is 18.1. The Kier molecular flexibility index (Phi) is 8.02. The number of alkyl halides is 1. The molecular weight excluding hydrogens is 390 g/mol. The third-order valence-corrected chi connectivity index (χ3v) is 5.96. The topological polar surface area (TPSA) is 62.6 Å². The zero-order valence-corrected chi connectivity index (χ0v) is 17.0. The number of nitrogens with zero attached hydrogens (tertiary/aromatic N) is 1. The van der Waals surface area contributed by atoms with Crippen LogP contribution in [0.25, 0.3) is 0 Å². The first-order valence-corrected chi connectivity index (χ1v) is 11.5. The molecule has 2 unspecified atom stereocenters. The molecule has 0 aliphatic carbocycles. The van der Waals surface area contributed by atoms with Crippen molar-refractivity contribution in [1.29, 1.82) is 3.56 Å². The van der Waals surface area contributed by atoms with Crippen molar-refractivity contribution >= 4 is 28.4 Å². The van der Waals surface area contributed by atoms with Crippen molar-refractivity contribution in [1.82, 2.24) is 5.06 Å². The van der Waals surface area contributed by atoms with Gasteiger partial charge in [0.2, 0.25) is 7.37 Å². The van der Waals surface area contributed by atoms with Gasteiger partial charge < -0.3 is 4.52 Å². The van der Waals surface area contributed by atoms with E-state index in [1.54, 1.807) is 11.7 Å². The summed E-state index contributed by atoms with van der Waals surface area (Å²) in [6.45, 7) is 16.2. The molecule has 0 aromatic rings. The maximum atomic E-state index is 13.0. The van der Waals surface area contributed by atoms with Gasteiger partial charge in [0.1, 0.15) is 10.4 Å². The standard InChI is InChI=1S/C13H30IN2O3P/c1-9-19-20(8,17)11(12(2,3)4)16(13(5,6)7)18-10-14-15/h11,15H,9-10H2,1-8H3. The minimum Gasteiger partial charge on any atom is -0.328 e. The molecule has 2 atom stereocenters. The second-order valence-electron chi connectivity index (χ2n) is 6.93. The summed E-state index contributed by atoms with van der Waals surface area (Å²) in [5.41, 5.74) is -0.563. The minimum atomic E-state index is -2.87. The van der Waals surface area contributed by atoms with Crippen LogP contribution in [0.3, 0.4) is 0 Å². The zero-order valence-electron chi connectivity index (χ0n) is 14.0.